The van der Waals surface area contributed by atoms with E-state index in [1.165, 1.54) is 16.7 Å². The number of benzene rings is 2. The van der Waals surface area contributed by atoms with Crippen LogP contribution in [0.3, 0.4) is 0 Å². The summed E-state index contributed by atoms with van der Waals surface area (Å²) in [6.45, 7) is 4.88. The number of para-hydroxylation sites is 1. The smallest absolute Gasteiger partial charge is 0.122 e. The molecular formula is C16H18O. The van der Waals surface area contributed by atoms with Crippen LogP contribution in [-0.2, 0) is 13.0 Å². The van der Waals surface area contributed by atoms with Crippen molar-refractivity contribution in [2.75, 3.05) is 0 Å². The van der Waals surface area contributed by atoms with Crippen molar-refractivity contribution in [3.8, 4) is 5.75 Å². The quantitative estimate of drug-likeness (QED) is 0.761. The van der Waals surface area contributed by atoms with Crippen LogP contribution >= 0.6 is 0 Å². The molecule has 0 spiro atoms. The van der Waals surface area contributed by atoms with Crippen molar-refractivity contribution in [3.05, 3.63) is 65.2 Å². The molecule has 1 nitrogen and oxygen atoms in total. The van der Waals surface area contributed by atoms with Crippen molar-refractivity contribution in [1.82, 2.24) is 0 Å². The third-order valence-corrected chi connectivity index (χ3v) is 2.87. The molecule has 17 heavy (non-hydrogen) atoms. The van der Waals surface area contributed by atoms with Crippen molar-refractivity contribution in [3.63, 3.8) is 0 Å². The molecule has 0 amide bonds. The van der Waals surface area contributed by atoms with Gasteiger partial charge in [0.05, 0.1) is 0 Å². The number of aryl methyl sites for hydroxylation is 2. The minimum atomic E-state index is 0.636. The van der Waals surface area contributed by atoms with Gasteiger partial charge in [-0.2, -0.15) is 0 Å². The Morgan fingerprint density at radius 2 is 1.65 bits per heavy atom. The van der Waals surface area contributed by atoms with E-state index in [2.05, 4.69) is 50.2 Å². The highest BCUT2D eigenvalue weighted by Gasteiger charge is 2.00. The van der Waals surface area contributed by atoms with E-state index in [0.29, 0.717) is 6.61 Å². The van der Waals surface area contributed by atoms with E-state index in [1.54, 1.807) is 0 Å². The molecule has 0 aliphatic rings. The second kappa shape index (κ2) is 5.53. The van der Waals surface area contributed by atoms with Gasteiger partial charge in [0.15, 0.2) is 0 Å². The summed E-state index contributed by atoms with van der Waals surface area (Å²) < 4.78 is 5.85. The Balaban J connectivity index is 2.04. The van der Waals surface area contributed by atoms with Crippen molar-refractivity contribution in [1.29, 1.82) is 0 Å². The maximum atomic E-state index is 5.85. The van der Waals surface area contributed by atoms with Crippen LogP contribution in [0.5, 0.6) is 5.75 Å². The predicted octanol–water partition coefficient (Wildman–Crippen LogP) is 4.14. The van der Waals surface area contributed by atoms with E-state index in [9.17, 15) is 0 Å². The highest BCUT2D eigenvalue weighted by atomic mass is 16.5. The highest BCUT2D eigenvalue weighted by molar-refractivity contribution is 5.33. The number of hydrogen-bond donors (Lipinski definition) is 0. The van der Waals surface area contributed by atoms with Crippen LogP contribution in [0.4, 0.5) is 0 Å². The Bertz CT molecular complexity index is 471. The van der Waals surface area contributed by atoms with Crippen LogP contribution in [0, 0.1) is 6.92 Å². The zero-order valence-electron chi connectivity index (χ0n) is 10.4. The summed E-state index contributed by atoms with van der Waals surface area (Å²) in [7, 11) is 0. The van der Waals surface area contributed by atoms with E-state index in [-0.39, 0.29) is 0 Å². The molecular weight excluding hydrogens is 208 g/mol. The molecule has 0 N–H and O–H groups in total. The first-order valence-corrected chi connectivity index (χ1v) is 6.06. The van der Waals surface area contributed by atoms with Crippen LogP contribution in [0.1, 0.15) is 23.6 Å². The molecule has 0 radical (unpaired) electrons. The molecule has 0 atom stereocenters. The third-order valence-electron chi connectivity index (χ3n) is 2.87. The molecule has 0 saturated carbocycles. The Morgan fingerprint density at radius 1 is 0.941 bits per heavy atom. The van der Waals surface area contributed by atoms with Crippen LogP contribution < -0.4 is 4.74 Å². The van der Waals surface area contributed by atoms with Gasteiger partial charge in [-0.1, -0.05) is 55.0 Å². The molecule has 0 aromatic heterocycles. The van der Waals surface area contributed by atoms with Gasteiger partial charge in [0.1, 0.15) is 12.4 Å². The van der Waals surface area contributed by atoms with Gasteiger partial charge in [-0.3, -0.25) is 0 Å². The van der Waals surface area contributed by atoms with Crippen molar-refractivity contribution >= 4 is 0 Å². The summed E-state index contributed by atoms with van der Waals surface area (Å²) in [5, 5.41) is 0. The van der Waals surface area contributed by atoms with Crippen molar-refractivity contribution < 1.29 is 4.74 Å². The molecule has 88 valence electrons. The topological polar surface area (TPSA) is 9.23 Å². The largest absolute Gasteiger partial charge is 0.489 e. The van der Waals surface area contributed by atoms with Gasteiger partial charge in [0, 0.05) is 0 Å². The molecule has 0 aliphatic heterocycles. The minimum absolute atomic E-state index is 0.636. The van der Waals surface area contributed by atoms with Gasteiger partial charge in [-0.25, -0.2) is 0 Å². The molecule has 0 saturated heterocycles. The second-order valence-electron chi connectivity index (χ2n) is 4.24. The Hall–Kier alpha value is -1.76. The van der Waals surface area contributed by atoms with Crippen molar-refractivity contribution in [2.45, 2.75) is 26.9 Å². The molecule has 0 bridgehead atoms. The Labute approximate surface area is 103 Å². The fourth-order valence-corrected chi connectivity index (χ4v) is 1.78. The molecule has 0 heterocycles. The monoisotopic (exact) mass is 226 g/mol. The standard InChI is InChI=1S/C16H18O/c1-3-15-6-4-5-7-16(15)17-12-14-10-8-13(2)9-11-14/h4-11H,3,12H2,1-2H3. The van der Waals surface area contributed by atoms with Crippen LogP contribution in [0.2, 0.25) is 0 Å². The normalized spacial score (nSPS) is 10.2. The molecule has 2 rings (SSSR count). The number of hydrogen-bond acceptors (Lipinski definition) is 1. The second-order valence-corrected chi connectivity index (χ2v) is 4.24. The van der Waals surface area contributed by atoms with Gasteiger partial charge in [0.2, 0.25) is 0 Å². The zero-order valence-corrected chi connectivity index (χ0v) is 10.4. The van der Waals surface area contributed by atoms with E-state index in [0.717, 1.165) is 12.2 Å². The molecule has 0 fully saturated rings. The lowest BCUT2D eigenvalue weighted by Gasteiger charge is -2.10. The van der Waals surface area contributed by atoms with Gasteiger partial charge >= 0.3 is 0 Å². The van der Waals surface area contributed by atoms with Gasteiger partial charge in [0.25, 0.3) is 0 Å². The minimum Gasteiger partial charge on any atom is -0.489 e. The highest BCUT2D eigenvalue weighted by Crippen LogP contribution is 2.19. The zero-order chi connectivity index (χ0) is 12.1. The maximum absolute atomic E-state index is 5.85. The van der Waals surface area contributed by atoms with Crippen LogP contribution in [0.25, 0.3) is 0 Å². The average Bonchev–Trinajstić information content (AvgIpc) is 2.38. The van der Waals surface area contributed by atoms with Gasteiger partial charge in [-0.05, 0) is 30.5 Å². The first-order chi connectivity index (χ1) is 8.29. The van der Waals surface area contributed by atoms with E-state index in [1.807, 2.05) is 12.1 Å². The van der Waals surface area contributed by atoms with Crippen LogP contribution in [0.15, 0.2) is 48.5 Å². The first kappa shape index (κ1) is 11.7. The number of rotatable bonds is 4. The molecule has 2 aromatic carbocycles. The maximum Gasteiger partial charge on any atom is 0.122 e. The summed E-state index contributed by atoms with van der Waals surface area (Å²) in [5.74, 6) is 0.996. The summed E-state index contributed by atoms with van der Waals surface area (Å²) in [5.41, 5.74) is 3.75. The van der Waals surface area contributed by atoms with E-state index >= 15 is 0 Å². The molecule has 0 unspecified atom stereocenters. The first-order valence-electron chi connectivity index (χ1n) is 6.06. The summed E-state index contributed by atoms with van der Waals surface area (Å²) >= 11 is 0. The summed E-state index contributed by atoms with van der Waals surface area (Å²) in [6, 6.07) is 16.7. The van der Waals surface area contributed by atoms with Crippen molar-refractivity contribution in [2.24, 2.45) is 0 Å². The Kier molecular flexibility index (Phi) is 3.81. The molecule has 0 aliphatic carbocycles. The predicted molar refractivity (Wildman–Crippen MR) is 71.3 cm³/mol. The Morgan fingerprint density at radius 3 is 2.35 bits per heavy atom. The third kappa shape index (κ3) is 3.10. The van der Waals surface area contributed by atoms with E-state index in [4.69, 9.17) is 4.74 Å². The summed E-state index contributed by atoms with van der Waals surface area (Å²) in [6.07, 6.45) is 1.00. The van der Waals surface area contributed by atoms with Gasteiger partial charge < -0.3 is 4.74 Å². The number of ether oxygens (including phenoxy) is 1. The lowest BCUT2D eigenvalue weighted by atomic mass is 10.1. The van der Waals surface area contributed by atoms with Crippen LogP contribution in [-0.4, -0.2) is 0 Å². The SMILES string of the molecule is CCc1ccccc1OCc1ccc(C)cc1. The van der Waals surface area contributed by atoms with Gasteiger partial charge in [-0.15, -0.1) is 0 Å². The lowest BCUT2D eigenvalue weighted by molar-refractivity contribution is 0.303. The molecule has 2 aromatic rings. The fourth-order valence-electron chi connectivity index (χ4n) is 1.78. The fraction of sp³-hybridized carbons (Fsp3) is 0.250. The molecule has 1 heteroatoms. The summed E-state index contributed by atoms with van der Waals surface area (Å²) in [4.78, 5) is 0. The van der Waals surface area contributed by atoms with E-state index < -0.39 is 0 Å². The average molecular weight is 226 g/mol. The lowest BCUT2D eigenvalue weighted by Crippen LogP contribution is -1.97.